The van der Waals surface area contributed by atoms with Crippen LogP contribution in [0.1, 0.15) is 10.4 Å². The predicted octanol–water partition coefficient (Wildman–Crippen LogP) is 2.24. The van der Waals surface area contributed by atoms with E-state index in [0.29, 0.717) is 0 Å². The van der Waals surface area contributed by atoms with Gasteiger partial charge in [0.15, 0.2) is 0 Å². The molecule has 0 fully saturated rings. The first-order valence-electron chi connectivity index (χ1n) is 4.03. The average Bonchev–Trinajstić information content (AvgIpc) is 2.20. The molecule has 0 aliphatic heterocycles. The molecule has 0 aliphatic carbocycles. The normalized spacial score (nSPS) is 10.2. The molecule has 1 amide bonds. The molecule has 1 aromatic carbocycles. The summed E-state index contributed by atoms with van der Waals surface area (Å²) in [6, 6.07) is 3.49. The van der Waals surface area contributed by atoms with Crippen LogP contribution in [-0.2, 0) is 4.79 Å². The minimum Gasteiger partial charge on any atom is -0.478 e. The van der Waals surface area contributed by atoms with Crippen molar-refractivity contribution >= 4 is 29.2 Å². The molecule has 0 heterocycles. The van der Waals surface area contributed by atoms with Crippen molar-refractivity contribution in [3.63, 3.8) is 0 Å². The van der Waals surface area contributed by atoms with E-state index in [4.69, 9.17) is 16.7 Å². The molecule has 1 rings (SSSR count). The molecule has 0 aliphatic rings. The largest absolute Gasteiger partial charge is 0.478 e. The Morgan fingerprint density at radius 3 is 2.50 bits per heavy atom. The van der Waals surface area contributed by atoms with Crippen molar-refractivity contribution in [2.45, 2.75) is 6.43 Å². The number of anilines is 1. The standard InChI is InChI=1S/C9H6ClF2NO3/c10-4-1-2-6(5(3-4)9(15)16)13-8(14)7(11)12/h1-3,7H,(H,13,14)(H,15,16). The van der Waals surface area contributed by atoms with Crippen molar-refractivity contribution in [2.75, 3.05) is 5.32 Å². The Kier molecular flexibility index (Phi) is 3.78. The molecule has 2 N–H and O–H groups in total. The molecule has 0 spiro atoms. The van der Waals surface area contributed by atoms with Crippen LogP contribution in [-0.4, -0.2) is 23.4 Å². The van der Waals surface area contributed by atoms with Gasteiger partial charge in [-0.25, -0.2) is 4.79 Å². The maximum Gasteiger partial charge on any atom is 0.337 e. The third-order valence-corrected chi connectivity index (χ3v) is 1.90. The molecule has 0 aromatic heterocycles. The molecule has 0 unspecified atom stereocenters. The number of carbonyl (C=O) groups excluding carboxylic acids is 1. The lowest BCUT2D eigenvalue weighted by Crippen LogP contribution is -2.21. The van der Waals surface area contributed by atoms with E-state index >= 15 is 0 Å². The van der Waals surface area contributed by atoms with Gasteiger partial charge < -0.3 is 10.4 Å². The molecule has 0 bridgehead atoms. The first kappa shape index (κ1) is 12.4. The number of carboxylic acid groups (broad SMARTS) is 1. The Bertz CT molecular complexity index is 437. The number of rotatable bonds is 3. The van der Waals surface area contributed by atoms with E-state index in [-0.39, 0.29) is 16.3 Å². The number of hydrogen-bond donors (Lipinski definition) is 2. The number of benzene rings is 1. The minimum atomic E-state index is -3.21. The first-order chi connectivity index (χ1) is 7.41. The van der Waals surface area contributed by atoms with Crippen LogP contribution in [0.15, 0.2) is 18.2 Å². The summed E-state index contributed by atoms with van der Waals surface area (Å²) in [7, 11) is 0. The fourth-order valence-corrected chi connectivity index (χ4v) is 1.16. The highest BCUT2D eigenvalue weighted by Crippen LogP contribution is 2.21. The number of amides is 1. The van der Waals surface area contributed by atoms with E-state index in [1.165, 1.54) is 6.07 Å². The third kappa shape index (κ3) is 2.90. The van der Waals surface area contributed by atoms with Crippen LogP contribution in [0.5, 0.6) is 0 Å². The van der Waals surface area contributed by atoms with E-state index in [2.05, 4.69) is 0 Å². The van der Waals surface area contributed by atoms with E-state index in [1.807, 2.05) is 0 Å². The fraction of sp³-hybridized carbons (Fsp3) is 0.111. The van der Waals surface area contributed by atoms with Crippen LogP contribution in [0.3, 0.4) is 0 Å². The summed E-state index contributed by atoms with van der Waals surface area (Å²) in [5.41, 5.74) is -0.566. The van der Waals surface area contributed by atoms with Crippen LogP contribution in [0, 0.1) is 0 Å². The van der Waals surface area contributed by atoms with Crippen molar-refractivity contribution in [3.05, 3.63) is 28.8 Å². The summed E-state index contributed by atoms with van der Waals surface area (Å²) in [6.07, 6.45) is -3.21. The van der Waals surface area contributed by atoms with E-state index in [0.717, 1.165) is 12.1 Å². The topological polar surface area (TPSA) is 66.4 Å². The van der Waals surface area contributed by atoms with Gasteiger partial charge in [0.1, 0.15) is 0 Å². The second-order valence-electron chi connectivity index (χ2n) is 2.79. The van der Waals surface area contributed by atoms with Crippen LogP contribution in [0.2, 0.25) is 5.02 Å². The summed E-state index contributed by atoms with van der Waals surface area (Å²) >= 11 is 5.54. The summed E-state index contributed by atoms with van der Waals surface area (Å²) < 4.78 is 23.9. The number of nitrogens with one attached hydrogen (secondary N) is 1. The van der Waals surface area contributed by atoms with Crippen LogP contribution in [0.25, 0.3) is 0 Å². The number of halogens is 3. The summed E-state index contributed by atoms with van der Waals surface area (Å²) in [5, 5.41) is 10.7. The van der Waals surface area contributed by atoms with Gasteiger partial charge >= 0.3 is 12.4 Å². The minimum absolute atomic E-state index is 0.132. The fourth-order valence-electron chi connectivity index (χ4n) is 0.990. The van der Waals surface area contributed by atoms with Crippen molar-refractivity contribution < 1.29 is 23.5 Å². The van der Waals surface area contributed by atoms with E-state index in [1.54, 1.807) is 5.32 Å². The van der Waals surface area contributed by atoms with E-state index < -0.39 is 18.3 Å². The Balaban J connectivity index is 3.04. The van der Waals surface area contributed by atoms with E-state index in [9.17, 15) is 18.4 Å². The van der Waals surface area contributed by atoms with Gasteiger partial charge in [-0.2, -0.15) is 8.78 Å². The maximum absolute atomic E-state index is 11.9. The lowest BCUT2D eigenvalue weighted by atomic mass is 10.2. The van der Waals surface area contributed by atoms with Crippen molar-refractivity contribution in [3.8, 4) is 0 Å². The van der Waals surface area contributed by atoms with Crippen LogP contribution in [0.4, 0.5) is 14.5 Å². The predicted molar refractivity (Wildman–Crippen MR) is 53.0 cm³/mol. The lowest BCUT2D eigenvalue weighted by Gasteiger charge is -2.07. The summed E-state index contributed by atoms with van der Waals surface area (Å²) in [5.74, 6) is -2.93. The van der Waals surface area contributed by atoms with Crippen LogP contribution < -0.4 is 5.32 Å². The molecule has 0 saturated carbocycles. The van der Waals surface area contributed by atoms with Gasteiger partial charge in [-0.1, -0.05) is 11.6 Å². The zero-order chi connectivity index (χ0) is 12.3. The molecule has 7 heteroatoms. The van der Waals surface area contributed by atoms with Gasteiger partial charge in [-0.3, -0.25) is 4.79 Å². The molecule has 4 nitrogen and oxygen atoms in total. The van der Waals surface area contributed by atoms with Gasteiger partial charge in [0.25, 0.3) is 5.91 Å². The van der Waals surface area contributed by atoms with Gasteiger partial charge in [0.2, 0.25) is 0 Å². The molecule has 1 aromatic rings. The zero-order valence-electron chi connectivity index (χ0n) is 7.71. The molecule has 16 heavy (non-hydrogen) atoms. The number of carbonyl (C=O) groups is 2. The van der Waals surface area contributed by atoms with Crippen molar-refractivity contribution in [2.24, 2.45) is 0 Å². The van der Waals surface area contributed by atoms with Crippen LogP contribution >= 0.6 is 11.6 Å². The number of alkyl halides is 2. The lowest BCUT2D eigenvalue weighted by molar-refractivity contribution is -0.126. The number of carboxylic acids is 1. The zero-order valence-corrected chi connectivity index (χ0v) is 8.46. The smallest absolute Gasteiger partial charge is 0.337 e. The Hall–Kier alpha value is -1.69. The average molecular weight is 250 g/mol. The Morgan fingerprint density at radius 1 is 1.38 bits per heavy atom. The number of hydrogen-bond acceptors (Lipinski definition) is 2. The Morgan fingerprint density at radius 2 is 2.00 bits per heavy atom. The molecule has 0 atom stereocenters. The number of aromatic carboxylic acids is 1. The molecule has 86 valence electrons. The highest BCUT2D eigenvalue weighted by molar-refractivity contribution is 6.31. The van der Waals surface area contributed by atoms with Crippen molar-refractivity contribution in [1.82, 2.24) is 0 Å². The highest BCUT2D eigenvalue weighted by atomic mass is 35.5. The van der Waals surface area contributed by atoms with Gasteiger partial charge in [0.05, 0.1) is 11.3 Å². The second-order valence-corrected chi connectivity index (χ2v) is 3.22. The van der Waals surface area contributed by atoms with Gasteiger partial charge in [-0.15, -0.1) is 0 Å². The SMILES string of the molecule is O=C(O)c1cc(Cl)ccc1NC(=O)C(F)F. The second kappa shape index (κ2) is 4.89. The van der Waals surface area contributed by atoms with Crippen molar-refractivity contribution in [1.29, 1.82) is 0 Å². The third-order valence-electron chi connectivity index (χ3n) is 1.67. The summed E-state index contributed by atoms with van der Waals surface area (Å²) in [6.45, 7) is 0. The first-order valence-corrected chi connectivity index (χ1v) is 4.41. The molecule has 0 saturated heterocycles. The summed E-state index contributed by atoms with van der Waals surface area (Å²) in [4.78, 5) is 21.4. The molecule has 0 radical (unpaired) electrons. The monoisotopic (exact) mass is 249 g/mol. The Labute approximate surface area is 93.8 Å². The maximum atomic E-state index is 11.9. The molecular weight excluding hydrogens is 244 g/mol. The highest BCUT2D eigenvalue weighted by Gasteiger charge is 2.18. The van der Waals surface area contributed by atoms with Gasteiger partial charge in [0, 0.05) is 5.02 Å². The molecular formula is C9H6ClF2NO3. The quantitative estimate of drug-likeness (QED) is 0.863. The van der Waals surface area contributed by atoms with Gasteiger partial charge in [-0.05, 0) is 18.2 Å².